The van der Waals surface area contributed by atoms with Crippen LogP contribution in [0.1, 0.15) is 15.9 Å². The Morgan fingerprint density at radius 2 is 2.08 bits per heavy atom. The summed E-state index contributed by atoms with van der Waals surface area (Å²) in [5, 5.41) is 7.41. The molecule has 4 rings (SSSR count). The van der Waals surface area contributed by atoms with Gasteiger partial charge in [-0.15, -0.1) is 0 Å². The molecule has 0 radical (unpaired) electrons. The van der Waals surface area contributed by atoms with E-state index in [4.69, 9.17) is 0 Å². The summed E-state index contributed by atoms with van der Waals surface area (Å²) in [6.07, 6.45) is 7.29. The molecule has 0 unspecified atom stereocenters. The first-order valence-corrected chi connectivity index (χ1v) is 7.99. The van der Waals surface area contributed by atoms with E-state index in [1.165, 1.54) is 0 Å². The summed E-state index contributed by atoms with van der Waals surface area (Å²) in [5.41, 5.74) is 4.17. The second-order valence-electron chi connectivity index (χ2n) is 5.82. The standard InChI is InChI=1S/C19H17N5O/c1-23-10-7-16(22-23)18-11-15(17-6-2-3-9-24(17)18)19(25)21-13-14-5-4-8-20-12-14/h2-12H,13H2,1H3,(H,21,25). The summed E-state index contributed by atoms with van der Waals surface area (Å²) in [5.74, 6) is -0.116. The van der Waals surface area contributed by atoms with Crippen molar-refractivity contribution in [1.82, 2.24) is 24.5 Å². The molecule has 0 bridgehead atoms. The molecular weight excluding hydrogens is 314 g/mol. The van der Waals surface area contributed by atoms with Crippen LogP contribution in [-0.2, 0) is 13.6 Å². The summed E-state index contributed by atoms with van der Waals surface area (Å²) < 4.78 is 3.74. The highest BCUT2D eigenvalue weighted by Gasteiger charge is 2.17. The molecule has 4 aromatic rings. The minimum absolute atomic E-state index is 0.116. The highest BCUT2D eigenvalue weighted by Crippen LogP contribution is 2.25. The molecule has 25 heavy (non-hydrogen) atoms. The normalized spacial score (nSPS) is 10.9. The van der Waals surface area contributed by atoms with Crippen molar-refractivity contribution >= 4 is 11.4 Å². The number of pyridine rings is 2. The van der Waals surface area contributed by atoms with Crippen molar-refractivity contribution in [2.45, 2.75) is 6.54 Å². The van der Waals surface area contributed by atoms with Crippen LogP contribution in [0.25, 0.3) is 16.9 Å². The van der Waals surface area contributed by atoms with Crippen molar-refractivity contribution in [2.24, 2.45) is 7.05 Å². The molecule has 1 N–H and O–H groups in total. The largest absolute Gasteiger partial charge is 0.348 e. The van der Waals surface area contributed by atoms with E-state index in [2.05, 4.69) is 15.4 Å². The SMILES string of the molecule is Cn1ccc(-c2cc(C(=O)NCc3cccnc3)c3ccccn23)n1. The van der Waals surface area contributed by atoms with Crippen LogP contribution in [0.2, 0.25) is 0 Å². The summed E-state index contributed by atoms with van der Waals surface area (Å²) in [7, 11) is 1.88. The maximum absolute atomic E-state index is 12.7. The average molecular weight is 331 g/mol. The third-order valence-electron chi connectivity index (χ3n) is 4.07. The van der Waals surface area contributed by atoms with Crippen molar-refractivity contribution in [3.63, 3.8) is 0 Å². The Hall–Kier alpha value is -3.41. The Labute approximate surface area is 144 Å². The second-order valence-corrected chi connectivity index (χ2v) is 5.82. The Morgan fingerprint density at radius 3 is 2.84 bits per heavy atom. The first-order valence-electron chi connectivity index (χ1n) is 7.99. The molecule has 0 saturated carbocycles. The molecule has 4 heterocycles. The van der Waals surface area contributed by atoms with Crippen LogP contribution in [0.4, 0.5) is 0 Å². The number of carbonyl (C=O) groups is 1. The van der Waals surface area contributed by atoms with Crippen molar-refractivity contribution in [3.8, 4) is 11.4 Å². The van der Waals surface area contributed by atoms with Crippen LogP contribution in [0.5, 0.6) is 0 Å². The van der Waals surface area contributed by atoms with Gasteiger partial charge in [0.1, 0.15) is 5.69 Å². The maximum Gasteiger partial charge on any atom is 0.253 e. The number of amides is 1. The molecular formula is C19H17N5O. The van der Waals surface area contributed by atoms with Crippen molar-refractivity contribution in [2.75, 3.05) is 0 Å². The van der Waals surface area contributed by atoms with Gasteiger partial charge in [0, 0.05) is 38.4 Å². The van der Waals surface area contributed by atoms with Gasteiger partial charge < -0.3 is 9.72 Å². The highest BCUT2D eigenvalue weighted by molar-refractivity contribution is 6.02. The predicted molar refractivity (Wildman–Crippen MR) is 95.0 cm³/mol. The monoisotopic (exact) mass is 331 g/mol. The highest BCUT2D eigenvalue weighted by atomic mass is 16.1. The van der Waals surface area contributed by atoms with Crippen LogP contribution in [0.3, 0.4) is 0 Å². The molecule has 0 aliphatic carbocycles. The maximum atomic E-state index is 12.7. The molecule has 4 aromatic heterocycles. The first kappa shape index (κ1) is 15.1. The third-order valence-corrected chi connectivity index (χ3v) is 4.07. The summed E-state index contributed by atoms with van der Waals surface area (Å²) >= 11 is 0. The van der Waals surface area contributed by atoms with Gasteiger partial charge in [0.2, 0.25) is 0 Å². The fourth-order valence-electron chi connectivity index (χ4n) is 2.86. The van der Waals surface area contributed by atoms with Gasteiger partial charge >= 0.3 is 0 Å². The molecule has 0 spiro atoms. The minimum Gasteiger partial charge on any atom is -0.348 e. The predicted octanol–water partition coefficient (Wildman–Crippen LogP) is 2.66. The molecule has 6 nitrogen and oxygen atoms in total. The van der Waals surface area contributed by atoms with Gasteiger partial charge in [-0.3, -0.25) is 14.5 Å². The topological polar surface area (TPSA) is 64.2 Å². The van der Waals surface area contributed by atoms with E-state index in [0.717, 1.165) is 22.5 Å². The first-order chi connectivity index (χ1) is 12.2. The molecule has 124 valence electrons. The summed E-state index contributed by atoms with van der Waals surface area (Å²) in [6, 6.07) is 13.4. The van der Waals surface area contributed by atoms with Crippen LogP contribution >= 0.6 is 0 Å². The number of carbonyl (C=O) groups excluding carboxylic acids is 1. The van der Waals surface area contributed by atoms with Gasteiger partial charge in [0.05, 0.1) is 16.8 Å². The van der Waals surface area contributed by atoms with Gasteiger partial charge in [-0.2, -0.15) is 5.10 Å². The van der Waals surface area contributed by atoms with Crippen LogP contribution in [-0.4, -0.2) is 25.1 Å². The zero-order valence-electron chi connectivity index (χ0n) is 13.8. The molecule has 1 amide bonds. The lowest BCUT2D eigenvalue weighted by molar-refractivity contribution is 0.0952. The Kier molecular flexibility index (Phi) is 3.78. The second kappa shape index (κ2) is 6.24. The van der Waals surface area contributed by atoms with E-state index in [1.807, 2.05) is 66.3 Å². The summed E-state index contributed by atoms with van der Waals surface area (Å²) in [6.45, 7) is 0.440. The van der Waals surface area contributed by atoms with E-state index in [1.54, 1.807) is 17.1 Å². The Balaban J connectivity index is 1.68. The van der Waals surface area contributed by atoms with Gasteiger partial charge in [-0.05, 0) is 35.9 Å². The lowest BCUT2D eigenvalue weighted by Gasteiger charge is -2.04. The lowest BCUT2D eigenvalue weighted by atomic mass is 10.2. The van der Waals surface area contributed by atoms with Crippen LogP contribution in [0, 0.1) is 0 Å². The number of nitrogens with one attached hydrogen (secondary N) is 1. The number of nitrogens with zero attached hydrogens (tertiary/aromatic N) is 4. The van der Waals surface area contributed by atoms with E-state index >= 15 is 0 Å². The Morgan fingerprint density at radius 1 is 1.16 bits per heavy atom. The van der Waals surface area contributed by atoms with Crippen LogP contribution < -0.4 is 5.32 Å². The molecule has 0 aromatic carbocycles. The summed E-state index contributed by atoms with van der Waals surface area (Å²) in [4.78, 5) is 16.8. The van der Waals surface area contributed by atoms with Gasteiger partial charge in [0.25, 0.3) is 5.91 Å². The minimum atomic E-state index is -0.116. The molecule has 0 fully saturated rings. The van der Waals surface area contributed by atoms with Gasteiger partial charge in [0.15, 0.2) is 0 Å². The molecule has 0 atom stereocenters. The van der Waals surface area contributed by atoms with E-state index in [-0.39, 0.29) is 5.91 Å². The third kappa shape index (κ3) is 2.89. The van der Waals surface area contributed by atoms with Crippen molar-refractivity contribution in [1.29, 1.82) is 0 Å². The van der Waals surface area contributed by atoms with Gasteiger partial charge in [-0.25, -0.2) is 0 Å². The smallest absolute Gasteiger partial charge is 0.253 e. The Bertz CT molecular complexity index is 1030. The van der Waals surface area contributed by atoms with E-state index in [0.29, 0.717) is 12.1 Å². The number of fused-ring (bicyclic) bond motifs is 1. The number of aryl methyl sites for hydroxylation is 1. The molecule has 0 aliphatic rings. The van der Waals surface area contributed by atoms with Crippen molar-refractivity contribution < 1.29 is 4.79 Å². The molecule has 0 aliphatic heterocycles. The fourth-order valence-corrected chi connectivity index (χ4v) is 2.86. The number of aromatic nitrogens is 4. The van der Waals surface area contributed by atoms with Crippen LogP contribution in [0.15, 0.2) is 67.3 Å². The molecule has 6 heteroatoms. The average Bonchev–Trinajstić information content (AvgIpc) is 3.24. The number of hydrogen-bond acceptors (Lipinski definition) is 3. The molecule has 0 saturated heterocycles. The fraction of sp³-hybridized carbons (Fsp3) is 0.105. The van der Waals surface area contributed by atoms with Gasteiger partial charge in [-0.1, -0.05) is 12.1 Å². The quantitative estimate of drug-likeness (QED) is 0.625. The number of hydrogen-bond donors (Lipinski definition) is 1. The lowest BCUT2D eigenvalue weighted by Crippen LogP contribution is -2.22. The zero-order valence-corrected chi connectivity index (χ0v) is 13.8. The van der Waals surface area contributed by atoms with E-state index < -0.39 is 0 Å². The number of rotatable bonds is 4. The zero-order chi connectivity index (χ0) is 17.2. The van der Waals surface area contributed by atoms with Crippen molar-refractivity contribution in [3.05, 3.63) is 78.4 Å². The van der Waals surface area contributed by atoms with E-state index in [9.17, 15) is 4.79 Å².